The third-order valence-corrected chi connectivity index (χ3v) is 4.47. The number of hydrogen-bond donors (Lipinski definition) is 1. The van der Waals surface area contributed by atoms with Crippen molar-refractivity contribution in [2.24, 2.45) is 0 Å². The monoisotopic (exact) mass is 398 g/mol. The summed E-state index contributed by atoms with van der Waals surface area (Å²) in [4.78, 5) is 24.4. The van der Waals surface area contributed by atoms with Crippen molar-refractivity contribution >= 4 is 22.7 Å². The van der Waals surface area contributed by atoms with E-state index in [2.05, 4.69) is 19.9 Å². The van der Waals surface area contributed by atoms with Gasteiger partial charge in [0.2, 0.25) is 0 Å². The zero-order valence-electron chi connectivity index (χ0n) is 11.6. The molecule has 0 fully saturated rings. The fraction of sp³-hybridized carbons (Fsp3) is 0.167. The smallest absolute Gasteiger partial charge is 0.304 e. The van der Waals surface area contributed by atoms with Gasteiger partial charge in [-0.25, -0.2) is 15.0 Å². The molecule has 0 atom stereocenters. The Morgan fingerprint density at radius 1 is 0.840 bits per heavy atom. The van der Waals surface area contributed by atoms with E-state index in [9.17, 15) is 31.1 Å². The van der Waals surface area contributed by atoms with Crippen molar-refractivity contribution in [2.45, 2.75) is 12.4 Å². The van der Waals surface area contributed by atoms with Gasteiger partial charge in [-0.2, -0.15) is 26.3 Å². The van der Waals surface area contributed by atoms with E-state index < -0.39 is 29.3 Å². The van der Waals surface area contributed by atoms with Crippen molar-refractivity contribution in [3.8, 4) is 21.5 Å². The maximum absolute atomic E-state index is 12.6. The van der Waals surface area contributed by atoms with Gasteiger partial charge in [-0.15, -0.1) is 22.7 Å². The largest absolute Gasteiger partial charge is 0.434 e. The molecule has 0 radical (unpaired) electrons. The van der Waals surface area contributed by atoms with E-state index in [-0.39, 0.29) is 21.5 Å². The number of rotatable bonds is 2. The van der Waals surface area contributed by atoms with Crippen LogP contribution in [0.5, 0.6) is 0 Å². The Kier molecular flexibility index (Phi) is 4.15. The standard InChI is InChI=1S/C12H4F6N4OS2/c13-11(14,15)5-2-24-9(20-5)4-1-7(23)22-8(19-4)10-21-6(3-25-10)12(16,17)18/h1-3H,(H,19,22,23). The van der Waals surface area contributed by atoms with Crippen LogP contribution in [-0.4, -0.2) is 19.9 Å². The fourth-order valence-corrected chi connectivity index (χ4v) is 3.26. The lowest BCUT2D eigenvalue weighted by atomic mass is 10.4. The zero-order valence-corrected chi connectivity index (χ0v) is 13.2. The minimum atomic E-state index is -4.66. The molecule has 3 aromatic rings. The molecule has 132 valence electrons. The molecule has 3 heterocycles. The normalized spacial score (nSPS) is 12.6. The molecule has 0 unspecified atom stereocenters. The van der Waals surface area contributed by atoms with E-state index in [4.69, 9.17) is 0 Å². The summed E-state index contributed by atoms with van der Waals surface area (Å²) in [5, 5.41) is 1.09. The molecule has 1 N–H and O–H groups in total. The van der Waals surface area contributed by atoms with E-state index in [1.165, 1.54) is 0 Å². The molecule has 3 aromatic heterocycles. The van der Waals surface area contributed by atoms with Crippen LogP contribution >= 0.6 is 22.7 Å². The van der Waals surface area contributed by atoms with Gasteiger partial charge in [0.25, 0.3) is 5.56 Å². The summed E-state index contributed by atoms with van der Waals surface area (Å²) in [5.41, 5.74) is -3.26. The number of nitrogens with one attached hydrogen (secondary N) is 1. The number of aromatic amines is 1. The lowest BCUT2D eigenvalue weighted by molar-refractivity contribution is -0.141. The lowest BCUT2D eigenvalue weighted by Crippen LogP contribution is -2.10. The summed E-state index contributed by atoms with van der Waals surface area (Å²) < 4.78 is 75.6. The zero-order chi connectivity index (χ0) is 18.4. The first kappa shape index (κ1) is 17.5. The molecular formula is C12H4F6N4OS2. The fourth-order valence-electron chi connectivity index (χ4n) is 1.70. The Bertz CT molecular complexity index is 897. The third-order valence-electron chi connectivity index (χ3n) is 2.75. The molecule has 0 aliphatic heterocycles. The number of hydrogen-bond acceptors (Lipinski definition) is 6. The number of halogens is 6. The maximum Gasteiger partial charge on any atom is 0.434 e. The molecule has 0 saturated carbocycles. The summed E-state index contributed by atoms with van der Waals surface area (Å²) in [6.07, 6.45) is -9.32. The van der Waals surface area contributed by atoms with Crippen molar-refractivity contribution in [3.05, 3.63) is 38.6 Å². The van der Waals surface area contributed by atoms with Crippen molar-refractivity contribution < 1.29 is 26.3 Å². The summed E-state index contributed by atoms with van der Waals surface area (Å²) in [7, 11) is 0. The van der Waals surface area contributed by atoms with E-state index in [1.54, 1.807) is 0 Å². The third kappa shape index (κ3) is 3.71. The maximum atomic E-state index is 12.6. The summed E-state index contributed by atoms with van der Waals surface area (Å²) >= 11 is 1.20. The van der Waals surface area contributed by atoms with Gasteiger partial charge in [-0.05, 0) is 0 Å². The van der Waals surface area contributed by atoms with Crippen LogP contribution in [0.1, 0.15) is 11.4 Å². The Morgan fingerprint density at radius 2 is 1.36 bits per heavy atom. The minimum Gasteiger partial charge on any atom is -0.304 e. The molecule has 5 nitrogen and oxygen atoms in total. The Balaban J connectivity index is 2.03. The second kappa shape index (κ2) is 5.91. The molecule has 0 amide bonds. The first-order valence-electron chi connectivity index (χ1n) is 6.21. The quantitative estimate of drug-likeness (QED) is 0.661. The first-order chi connectivity index (χ1) is 11.5. The molecule has 0 spiro atoms. The van der Waals surface area contributed by atoms with Gasteiger partial charge in [0.15, 0.2) is 22.2 Å². The molecule has 0 aromatic carbocycles. The Morgan fingerprint density at radius 3 is 1.88 bits per heavy atom. The van der Waals surface area contributed by atoms with Gasteiger partial charge < -0.3 is 4.98 Å². The number of thiazole rings is 2. The Labute approximate surface area is 142 Å². The average Bonchev–Trinajstić information content (AvgIpc) is 3.15. The van der Waals surface area contributed by atoms with Crippen LogP contribution in [0.2, 0.25) is 0 Å². The van der Waals surface area contributed by atoms with Gasteiger partial charge in [0, 0.05) is 16.8 Å². The van der Waals surface area contributed by atoms with Crippen LogP contribution in [0.15, 0.2) is 21.6 Å². The predicted molar refractivity (Wildman–Crippen MR) is 77.1 cm³/mol. The van der Waals surface area contributed by atoms with Crippen molar-refractivity contribution in [1.29, 1.82) is 0 Å². The molecule has 0 bridgehead atoms. The molecule has 0 saturated heterocycles. The summed E-state index contributed by atoms with van der Waals surface area (Å²) in [6, 6.07) is 0.904. The van der Waals surface area contributed by atoms with Crippen LogP contribution in [-0.2, 0) is 12.4 Å². The van der Waals surface area contributed by atoms with Crippen LogP contribution in [0, 0.1) is 0 Å². The summed E-state index contributed by atoms with van der Waals surface area (Å²) in [6.45, 7) is 0. The van der Waals surface area contributed by atoms with Crippen molar-refractivity contribution in [2.75, 3.05) is 0 Å². The van der Waals surface area contributed by atoms with Gasteiger partial charge in [-0.1, -0.05) is 0 Å². The van der Waals surface area contributed by atoms with Crippen molar-refractivity contribution in [3.63, 3.8) is 0 Å². The molecular weight excluding hydrogens is 394 g/mol. The number of nitrogens with zero attached hydrogens (tertiary/aromatic N) is 3. The molecule has 13 heteroatoms. The number of aromatic nitrogens is 4. The number of H-pyrrole nitrogens is 1. The lowest BCUT2D eigenvalue weighted by Gasteiger charge is -2.02. The average molecular weight is 398 g/mol. The highest BCUT2D eigenvalue weighted by molar-refractivity contribution is 7.13. The highest BCUT2D eigenvalue weighted by Crippen LogP contribution is 2.34. The highest BCUT2D eigenvalue weighted by atomic mass is 32.1. The summed E-state index contributed by atoms with van der Waals surface area (Å²) in [5.74, 6) is -0.285. The molecule has 25 heavy (non-hydrogen) atoms. The molecule has 3 rings (SSSR count). The van der Waals surface area contributed by atoms with E-state index in [0.717, 1.165) is 16.8 Å². The van der Waals surface area contributed by atoms with Gasteiger partial charge in [-0.3, -0.25) is 4.79 Å². The first-order valence-corrected chi connectivity index (χ1v) is 7.97. The number of alkyl halides is 6. The van der Waals surface area contributed by atoms with Gasteiger partial charge in [0.1, 0.15) is 10.7 Å². The van der Waals surface area contributed by atoms with E-state index >= 15 is 0 Å². The predicted octanol–water partition coefficient (Wildman–Crippen LogP) is 4.05. The topological polar surface area (TPSA) is 71.5 Å². The second-order valence-corrected chi connectivity index (χ2v) is 6.27. The SMILES string of the molecule is O=c1cc(-c2nc(C(F)(F)F)cs2)nc(-c2nc(C(F)(F)F)cs2)[nH]1. The van der Waals surface area contributed by atoms with E-state index in [0.29, 0.717) is 22.7 Å². The van der Waals surface area contributed by atoms with Gasteiger partial charge in [0.05, 0.1) is 0 Å². The van der Waals surface area contributed by atoms with Crippen LogP contribution in [0.4, 0.5) is 26.3 Å². The van der Waals surface area contributed by atoms with Crippen LogP contribution in [0.3, 0.4) is 0 Å². The molecule has 0 aliphatic carbocycles. The van der Waals surface area contributed by atoms with Crippen molar-refractivity contribution in [1.82, 2.24) is 19.9 Å². The minimum absolute atomic E-state index is 0.188. The molecule has 0 aliphatic rings. The van der Waals surface area contributed by atoms with Crippen LogP contribution in [0.25, 0.3) is 21.5 Å². The Hall–Kier alpha value is -2.28. The van der Waals surface area contributed by atoms with Gasteiger partial charge >= 0.3 is 12.4 Å². The second-order valence-electron chi connectivity index (χ2n) is 4.55. The van der Waals surface area contributed by atoms with E-state index in [1.807, 2.05) is 0 Å². The van der Waals surface area contributed by atoms with Crippen LogP contribution < -0.4 is 5.56 Å². The highest BCUT2D eigenvalue weighted by Gasteiger charge is 2.35.